The fourth-order valence-corrected chi connectivity index (χ4v) is 2.11. The van der Waals surface area contributed by atoms with Gasteiger partial charge in [0, 0.05) is 30.4 Å². The second-order valence-corrected chi connectivity index (χ2v) is 4.68. The van der Waals surface area contributed by atoms with Crippen molar-refractivity contribution in [3.8, 4) is 0 Å². The Hall–Kier alpha value is -1.55. The Labute approximate surface area is 102 Å². The highest BCUT2D eigenvalue weighted by atomic mass is 16.1. The number of anilines is 1. The van der Waals surface area contributed by atoms with Gasteiger partial charge in [0.15, 0.2) is 0 Å². The SMILES string of the molecule is CNC(=O)c1ccc(NC2CC(N)C2)c(C)c1. The highest BCUT2D eigenvalue weighted by molar-refractivity contribution is 5.94. The number of nitrogens with two attached hydrogens (primary N) is 1. The minimum atomic E-state index is -0.0506. The van der Waals surface area contributed by atoms with Crippen molar-refractivity contribution < 1.29 is 4.79 Å². The Morgan fingerprint density at radius 3 is 2.65 bits per heavy atom. The van der Waals surface area contributed by atoms with E-state index < -0.39 is 0 Å². The van der Waals surface area contributed by atoms with Gasteiger partial charge in [-0.05, 0) is 43.5 Å². The minimum Gasteiger partial charge on any atom is -0.382 e. The highest BCUT2D eigenvalue weighted by Gasteiger charge is 2.25. The number of nitrogens with one attached hydrogen (secondary N) is 2. The Morgan fingerprint density at radius 2 is 2.12 bits per heavy atom. The molecule has 1 aromatic carbocycles. The first-order valence-electron chi connectivity index (χ1n) is 5.95. The van der Waals surface area contributed by atoms with Gasteiger partial charge in [-0.25, -0.2) is 0 Å². The molecule has 1 aromatic rings. The smallest absolute Gasteiger partial charge is 0.251 e. The topological polar surface area (TPSA) is 67.2 Å². The fraction of sp³-hybridized carbons (Fsp3) is 0.462. The van der Waals surface area contributed by atoms with Crippen molar-refractivity contribution in [3.63, 3.8) is 0 Å². The van der Waals surface area contributed by atoms with Gasteiger partial charge in [-0.15, -0.1) is 0 Å². The molecule has 2 rings (SSSR count). The van der Waals surface area contributed by atoms with Crippen molar-refractivity contribution in [2.24, 2.45) is 5.73 Å². The molecule has 92 valence electrons. The first-order chi connectivity index (χ1) is 8.10. The van der Waals surface area contributed by atoms with Crippen LogP contribution in [0.5, 0.6) is 0 Å². The van der Waals surface area contributed by atoms with E-state index in [1.54, 1.807) is 7.05 Å². The summed E-state index contributed by atoms with van der Waals surface area (Å²) in [7, 11) is 1.64. The Balaban J connectivity index is 2.06. The molecular formula is C13H19N3O. The van der Waals surface area contributed by atoms with E-state index in [9.17, 15) is 4.79 Å². The number of hydrogen-bond donors (Lipinski definition) is 3. The Bertz CT molecular complexity index is 425. The van der Waals surface area contributed by atoms with Crippen molar-refractivity contribution >= 4 is 11.6 Å². The molecule has 0 radical (unpaired) electrons. The van der Waals surface area contributed by atoms with E-state index in [4.69, 9.17) is 5.73 Å². The molecule has 0 spiro atoms. The first-order valence-corrected chi connectivity index (χ1v) is 5.95. The summed E-state index contributed by atoms with van der Waals surface area (Å²) in [5.74, 6) is -0.0506. The van der Waals surface area contributed by atoms with E-state index in [1.165, 1.54) is 0 Å². The van der Waals surface area contributed by atoms with Crippen molar-refractivity contribution in [2.45, 2.75) is 31.8 Å². The van der Waals surface area contributed by atoms with Gasteiger partial charge in [0.1, 0.15) is 0 Å². The number of benzene rings is 1. The molecule has 0 aromatic heterocycles. The summed E-state index contributed by atoms with van der Waals surface area (Å²) in [5, 5.41) is 6.07. The van der Waals surface area contributed by atoms with Gasteiger partial charge >= 0.3 is 0 Å². The number of carbonyl (C=O) groups excluding carboxylic acids is 1. The summed E-state index contributed by atoms with van der Waals surface area (Å²) in [5.41, 5.74) is 8.63. The quantitative estimate of drug-likeness (QED) is 0.736. The third kappa shape index (κ3) is 2.58. The zero-order valence-electron chi connectivity index (χ0n) is 10.3. The molecule has 0 bridgehead atoms. The molecular weight excluding hydrogens is 214 g/mol. The first kappa shape index (κ1) is 11.9. The van der Waals surface area contributed by atoms with E-state index in [-0.39, 0.29) is 5.91 Å². The van der Waals surface area contributed by atoms with Gasteiger partial charge in [-0.3, -0.25) is 4.79 Å². The van der Waals surface area contributed by atoms with Crippen LogP contribution in [-0.2, 0) is 0 Å². The van der Waals surface area contributed by atoms with E-state index >= 15 is 0 Å². The van der Waals surface area contributed by atoms with Gasteiger partial charge in [0.2, 0.25) is 0 Å². The second kappa shape index (κ2) is 4.75. The molecule has 1 fully saturated rings. The Morgan fingerprint density at radius 1 is 1.41 bits per heavy atom. The molecule has 0 unspecified atom stereocenters. The largest absolute Gasteiger partial charge is 0.382 e. The number of carbonyl (C=O) groups is 1. The lowest BCUT2D eigenvalue weighted by Gasteiger charge is -2.34. The summed E-state index contributed by atoms with van der Waals surface area (Å²) >= 11 is 0. The van der Waals surface area contributed by atoms with Crippen LogP contribution in [0, 0.1) is 6.92 Å². The second-order valence-electron chi connectivity index (χ2n) is 4.68. The van der Waals surface area contributed by atoms with Crippen LogP contribution < -0.4 is 16.4 Å². The van der Waals surface area contributed by atoms with Crippen LogP contribution in [0.3, 0.4) is 0 Å². The van der Waals surface area contributed by atoms with E-state index in [2.05, 4.69) is 10.6 Å². The zero-order chi connectivity index (χ0) is 12.4. The molecule has 0 heterocycles. The summed E-state index contributed by atoms with van der Waals surface area (Å²) in [4.78, 5) is 11.5. The summed E-state index contributed by atoms with van der Waals surface area (Å²) in [6, 6.07) is 6.53. The molecule has 1 saturated carbocycles. The Kier molecular flexibility index (Phi) is 3.33. The number of amides is 1. The molecule has 1 amide bonds. The molecule has 4 nitrogen and oxygen atoms in total. The zero-order valence-corrected chi connectivity index (χ0v) is 10.3. The molecule has 1 aliphatic carbocycles. The molecule has 1 aliphatic rings. The van der Waals surface area contributed by atoms with Gasteiger partial charge in [-0.2, -0.15) is 0 Å². The lowest BCUT2D eigenvalue weighted by atomic mass is 9.87. The van der Waals surface area contributed by atoms with Crippen molar-refractivity contribution in [1.29, 1.82) is 0 Å². The van der Waals surface area contributed by atoms with E-state index in [0.717, 1.165) is 24.1 Å². The predicted octanol–water partition coefficient (Wildman–Crippen LogP) is 1.26. The summed E-state index contributed by atoms with van der Waals surface area (Å²) in [6.07, 6.45) is 2.05. The molecule has 0 aliphatic heterocycles. The number of hydrogen-bond acceptors (Lipinski definition) is 3. The maximum absolute atomic E-state index is 11.5. The van der Waals surface area contributed by atoms with Crippen LogP contribution in [0.25, 0.3) is 0 Å². The maximum atomic E-state index is 11.5. The number of aryl methyl sites for hydroxylation is 1. The van der Waals surface area contributed by atoms with Crippen LogP contribution >= 0.6 is 0 Å². The minimum absolute atomic E-state index is 0.0506. The van der Waals surface area contributed by atoms with E-state index in [1.807, 2.05) is 25.1 Å². The highest BCUT2D eigenvalue weighted by Crippen LogP contribution is 2.25. The third-order valence-electron chi connectivity index (χ3n) is 3.25. The van der Waals surface area contributed by atoms with Gasteiger partial charge in [0.05, 0.1) is 0 Å². The fourth-order valence-electron chi connectivity index (χ4n) is 2.11. The van der Waals surface area contributed by atoms with Crippen molar-refractivity contribution in [2.75, 3.05) is 12.4 Å². The van der Waals surface area contributed by atoms with Crippen LogP contribution in [0.1, 0.15) is 28.8 Å². The molecule has 4 N–H and O–H groups in total. The molecule has 0 saturated heterocycles. The van der Waals surface area contributed by atoms with Gasteiger partial charge in [0.25, 0.3) is 5.91 Å². The standard InChI is InChI=1S/C13H19N3O/c1-8-5-9(13(17)15-2)3-4-12(8)16-11-6-10(14)7-11/h3-5,10-11,16H,6-7,14H2,1-2H3,(H,15,17). The normalized spacial score (nSPS) is 22.8. The molecule has 4 heteroatoms. The average Bonchev–Trinajstić information content (AvgIpc) is 2.28. The molecule has 0 atom stereocenters. The van der Waals surface area contributed by atoms with Crippen molar-refractivity contribution in [3.05, 3.63) is 29.3 Å². The third-order valence-corrected chi connectivity index (χ3v) is 3.25. The van der Waals surface area contributed by atoms with Gasteiger partial charge in [-0.1, -0.05) is 0 Å². The monoisotopic (exact) mass is 233 g/mol. The van der Waals surface area contributed by atoms with Crippen LogP contribution in [0.2, 0.25) is 0 Å². The van der Waals surface area contributed by atoms with Crippen LogP contribution in [0.15, 0.2) is 18.2 Å². The summed E-state index contributed by atoms with van der Waals surface area (Å²) < 4.78 is 0. The molecule has 17 heavy (non-hydrogen) atoms. The van der Waals surface area contributed by atoms with Crippen molar-refractivity contribution in [1.82, 2.24) is 5.32 Å². The lowest BCUT2D eigenvalue weighted by molar-refractivity contribution is 0.0963. The average molecular weight is 233 g/mol. The van der Waals surface area contributed by atoms with Crippen LogP contribution in [-0.4, -0.2) is 25.0 Å². The number of rotatable bonds is 3. The van der Waals surface area contributed by atoms with Crippen LogP contribution in [0.4, 0.5) is 5.69 Å². The summed E-state index contributed by atoms with van der Waals surface area (Å²) in [6.45, 7) is 2.01. The van der Waals surface area contributed by atoms with Gasteiger partial charge < -0.3 is 16.4 Å². The predicted molar refractivity (Wildman–Crippen MR) is 69.2 cm³/mol. The van der Waals surface area contributed by atoms with E-state index in [0.29, 0.717) is 17.6 Å². The maximum Gasteiger partial charge on any atom is 0.251 e. The lowest BCUT2D eigenvalue weighted by Crippen LogP contribution is -2.44.